The van der Waals surface area contributed by atoms with Gasteiger partial charge < -0.3 is 20.8 Å². The van der Waals surface area contributed by atoms with Crippen LogP contribution in [0, 0.1) is 27.7 Å². The fourth-order valence-corrected chi connectivity index (χ4v) is 3.29. The first-order chi connectivity index (χ1) is 18.2. The predicted octanol–water partition coefficient (Wildman–Crippen LogP) is 7.81. The third-order valence-electron chi connectivity index (χ3n) is 5.49. The van der Waals surface area contributed by atoms with Crippen molar-refractivity contribution >= 4 is 34.7 Å². The van der Waals surface area contributed by atoms with Gasteiger partial charge in [-0.1, -0.05) is 72.8 Å². The van der Waals surface area contributed by atoms with Gasteiger partial charge in [0.15, 0.2) is 0 Å². The van der Waals surface area contributed by atoms with Gasteiger partial charge >= 0.3 is 11.9 Å². The molecule has 4 rings (SSSR count). The number of para-hydroxylation sites is 4. The third-order valence-corrected chi connectivity index (χ3v) is 5.49. The second-order valence-corrected chi connectivity index (χ2v) is 8.52. The lowest BCUT2D eigenvalue weighted by Gasteiger charge is -2.11. The van der Waals surface area contributed by atoms with Crippen LogP contribution in [0.15, 0.2) is 109 Å². The fourth-order valence-electron chi connectivity index (χ4n) is 3.29. The summed E-state index contributed by atoms with van der Waals surface area (Å²) < 4.78 is 0. The standard InChI is InChI=1S/2C14H15N.C4H4O4/c2*1-11-7-3-5-9-13(11)15-14-10-6-4-8-12(14)2;5-3(6)1-2-4(7)8/h2*3-10,15H,1-2H3;1-2H,(H,5,6)(H,7,8)/b;;2-1-. The minimum absolute atomic E-state index is 0.558. The van der Waals surface area contributed by atoms with Crippen LogP contribution in [-0.4, -0.2) is 22.2 Å². The highest BCUT2D eigenvalue weighted by atomic mass is 16.4. The lowest BCUT2D eigenvalue weighted by Crippen LogP contribution is -1.94. The van der Waals surface area contributed by atoms with Crippen LogP contribution in [-0.2, 0) is 9.59 Å². The molecule has 0 fully saturated rings. The van der Waals surface area contributed by atoms with Gasteiger partial charge in [0.2, 0.25) is 0 Å². The Morgan fingerprint density at radius 3 is 0.868 bits per heavy atom. The van der Waals surface area contributed by atoms with Crippen LogP contribution in [0.25, 0.3) is 0 Å². The normalized spacial score (nSPS) is 9.89. The van der Waals surface area contributed by atoms with Gasteiger partial charge in [-0.3, -0.25) is 0 Å². The van der Waals surface area contributed by atoms with Crippen LogP contribution in [0.3, 0.4) is 0 Å². The van der Waals surface area contributed by atoms with E-state index in [9.17, 15) is 9.59 Å². The molecule has 0 unspecified atom stereocenters. The molecule has 0 atom stereocenters. The average Bonchev–Trinajstić information content (AvgIpc) is 2.89. The molecule has 38 heavy (non-hydrogen) atoms. The van der Waals surface area contributed by atoms with Crippen molar-refractivity contribution in [3.63, 3.8) is 0 Å². The molecule has 0 heterocycles. The van der Waals surface area contributed by atoms with Crippen molar-refractivity contribution in [3.05, 3.63) is 131 Å². The number of aliphatic carboxylic acids is 2. The van der Waals surface area contributed by atoms with Gasteiger partial charge in [0.1, 0.15) is 0 Å². The van der Waals surface area contributed by atoms with Gasteiger partial charge in [-0.25, -0.2) is 9.59 Å². The van der Waals surface area contributed by atoms with E-state index in [-0.39, 0.29) is 0 Å². The van der Waals surface area contributed by atoms with Crippen LogP contribution in [0.1, 0.15) is 22.3 Å². The molecule has 0 aromatic heterocycles. The molecule has 4 aromatic rings. The van der Waals surface area contributed by atoms with E-state index >= 15 is 0 Å². The zero-order valence-corrected chi connectivity index (χ0v) is 22.1. The zero-order chi connectivity index (χ0) is 27.9. The first-order valence-electron chi connectivity index (χ1n) is 12.1. The van der Waals surface area contributed by atoms with Crippen molar-refractivity contribution in [2.45, 2.75) is 27.7 Å². The smallest absolute Gasteiger partial charge is 0.328 e. The molecule has 0 saturated heterocycles. The minimum atomic E-state index is -1.26. The fraction of sp³-hybridized carbons (Fsp3) is 0.125. The predicted molar refractivity (Wildman–Crippen MR) is 156 cm³/mol. The maximum atomic E-state index is 9.55. The Morgan fingerprint density at radius 2 is 0.684 bits per heavy atom. The summed E-state index contributed by atoms with van der Waals surface area (Å²) in [4.78, 5) is 19.1. The van der Waals surface area contributed by atoms with Crippen molar-refractivity contribution in [1.29, 1.82) is 0 Å². The monoisotopic (exact) mass is 510 g/mol. The summed E-state index contributed by atoms with van der Waals surface area (Å²) in [6.45, 7) is 8.45. The molecular weight excluding hydrogens is 476 g/mol. The van der Waals surface area contributed by atoms with Gasteiger partial charge in [-0.05, 0) is 74.2 Å². The highest BCUT2D eigenvalue weighted by Crippen LogP contribution is 2.23. The molecule has 196 valence electrons. The van der Waals surface area contributed by atoms with Gasteiger partial charge in [0, 0.05) is 34.9 Å². The van der Waals surface area contributed by atoms with Gasteiger partial charge in [0.25, 0.3) is 0 Å². The molecule has 0 aliphatic carbocycles. The van der Waals surface area contributed by atoms with Crippen LogP contribution in [0.4, 0.5) is 22.7 Å². The molecule has 6 nitrogen and oxygen atoms in total. The Bertz CT molecular complexity index is 1190. The van der Waals surface area contributed by atoms with Crippen molar-refractivity contribution in [2.75, 3.05) is 10.6 Å². The summed E-state index contributed by atoms with van der Waals surface area (Å²) in [5.41, 5.74) is 9.75. The molecule has 0 bridgehead atoms. The largest absolute Gasteiger partial charge is 0.478 e. The first kappa shape index (κ1) is 29.4. The Kier molecular flexibility index (Phi) is 11.8. The van der Waals surface area contributed by atoms with Crippen LogP contribution >= 0.6 is 0 Å². The lowest BCUT2D eigenvalue weighted by atomic mass is 10.1. The second kappa shape index (κ2) is 15.3. The maximum absolute atomic E-state index is 9.55. The Morgan fingerprint density at radius 1 is 0.474 bits per heavy atom. The van der Waals surface area contributed by atoms with Crippen molar-refractivity contribution in [2.24, 2.45) is 0 Å². The highest BCUT2D eigenvalue weighted by molar-refractivity contribution is 5.89. The Labute approximate surface area is 224 Å². The molecule has 0 radical (unpaired) electrons. The summed E-state index contributed by atoms with van der Waals surface area (Å²) in [6, 6.07) is 33.3. The van der Waals surface area contributed by atoms with Crippen molar-refractivity contribution in [3.8, 4) is 0 Å². The van der Waals surface area contributed by atoms with E-state index in [1.807, 2.05) is 24.3 Å². The van der Waals surface area contributed by atoms with E-state index in [4.69, 9.17) is 10.2 Å². The van der Waals surface area contributed by atoms with Gasteiger partial charge in [-0.2, -0.15) is 0 Å². The van der Waals surface area contributed by atoms with Gasteiger partial charge in [0.05, 0.1) is 0 Å². The summed E-state index contributed by atoms with van der Waals surface area (Å²) in [7, 11) is 0. The molecule has 0 aliphatic heterocycles. The topological polar surface area (TPSA) is 98.7 Å². The average molecular weight is 511 g/mol. The van der Waals surface area contributed by atoms with Crippen molar-refractivity contribution < 1.29 is 19.8 Å². The quantitative estimate of drug-likeness (QED) is 0.198. The minimum Gasteiger partial charge on any atom is -0.478 e. The molecule has 4 aromatic carbocycles. The van der Waals surface area contributed by atoms with Crippen LogP contribution < -0.4 is 10.6 Å². The number of rotatable bonds is 6. The summed E-state index contributed by atoms with van der Waals surface area (Å²) in [5, 5.41) is 22.5. The van der Waals surface area contributed by atoms with E-state index in [0.717, 1.165) is 0 Å². The van der Waals surface area contributed by atoms with E-state index in [1.54, 1.807) is 0 Å². The number of hydrogen-bond donors (Lipinski definition) is 4. The SMILES string of the molecule is Cc1ccccc1Nc1ccccc1C.Cc1ccccc1Nc1ccccc1C.O=C(O)/C=C\C(=O)O. The van der Waals surface area contributed by atoms with E-state index in [2.05, 4.69) is 111 Å². The Balaban J connectivity index is 0.000000211. The second-order valence-electron chi connectivity index (χ2n) is 8.52. The van der Waals surface area contributed by atoms with E-state index < -0.39 is 11.9 Å². The number of anilines is 4. The zero-order valence-electron chi connectivity index (χ0n) is 22.1. The number of hydrogen-bond acceptors (Lipinski definition) is 4. The maximum Gasteiger partial charge on any atom is 0.328 e. The highest BCUT2D eigenvalue weighted by Gasteiger charge is 2.00. The third kappa shape index (κ3) is 10.4. The molecular formula is C32H34N2O4. The molecule has 0 amide bonds. The number of carbonyl (C=O) groups is 2. The molecule has 4 N–H and O–H groups in total. The summed E-state index contributed by atoms with van der Waals surface area (Å²) in [5.74, 6) is -2.51. The van der Waals surface area contributed by atoms with Gasteiger partial charge in [-0.15, -0.1) is 0 Å². The van der Waals surface area contributed by atoms with Crippen LogP contribution in [0.2, 0.25) is 0 Å². The summed E-state index contributed by atoms with van der Waals surface area (Å²) >= 11 is 0. The van der Waals surface area contributed by atoms with E-state index in [0.29, 0.717) is 12.2 Å². The Hall–Kier alpha value is -4.84. The number of carboxylic acid groups (broad SMARTS) is 2. The van der Waals surface area contributed by atoms with Crippen LogP contribution in [0.5, 0.6) is 0 Å². The number of nitrogens with one attached hydrogen (secondary N) is 2. The first-order valence-corrected chi connectivity index (χ1v) is 12.1. The molecule has 6 heteroatoms. The molecule has 0 saturated carbocycles. The number of benzene rings is 4. The number of carboxylic acids is 2. The van der Waals surface area contributed by atoms with Crippen molar-refractivity contribution in [1.82, 2.24) is 0 Å². The molecule has 0 aliphatic rings. The number of aryl methyl sites for hydroxylation is 4. The molecule has 0 spiro atoms. The van der Waals surface area contributed by atoms with E-state index in [1.165, 1.54) is 45.0 Å². The lowest BCUT2D eigenvalue weighted by molar-refractivity contribution is -0.134. The summed E-state index contributed by atoms with van der Waals surface area (Å²) in [6.07, 6.45) is 1.12.